The van der Waals surface area contributed by atoms with E-state index in [9.17, 15) is 19.3 Å². The van der Waals surface area contributed by atoms with E-state index in [2.05, 4.69) is 26.1 Å². The highest BCUT2D eigenvalue weighted by atomic mass is 32.1. The van der Waals surface area contributed by atoms with Crippen molar-refractivity contribution in [2.75, 3.05) is 22.5 Å². The molecule has 0 aliphatic heterocycles. The van der Waals surface area contributed by atoms with Gasteiger partial charge in [-0.15, -0.1) is 4.91 Å². The van der Waals surface area contributed by atoms with Gasteiger partial charge in [0.25, 0.3) is 0 Å². The zero-order valence-corrected chi connectivity index (χ0v) is 18.9. The summed E-state index contributed by atoms with van der Waals surface area (Å²) in [5.41, 5.74) is 1.98. The summed E-state index contributed by atoms with van der Waals surface area (Å²) in [4.78, 5) is 48.5. The van der Waals surface area contributed by atoms with Crippen LogP contribution in [0.5, 0.6) is 0 Å². The number of carboxylic acid groups (broad SMARTS) is 1. The summed E-state index contributed by atoms with van der Waals surface area (Å²) in [6.07, 6.45) is 4.69. The van der Waals surface area contributed by atoms with Crippen molar-refractivity contribution in [1.29, 1.82) is 0 Å². The molecule has 0 saturated carbocycles. The first kappa shape index (κ1) is 24.9. The monoisotopic (exact) mass is 462 g/mol. The van der Waals surface area contributed by atoms with E-state index >= 15 is 0 Å². The molecule has 11 heteroatoms. The molecule has 0 atom stereocenters. The largest absolute Gasteiger partial charge is 0.481 e. The number of benzene rings is 1. The van der Waals surface area contributed by atoms with Gasteiger partial charge in [0, 0.05) is 32.5 Å². The van der Waals surface area contributed by atoms with Crippen LogP contribution < -0.4 is 20.9 Å². The minimum Gasteiger partial charge on any atom is -0.481 e. The predicted octanol–water partition coefficient (Wildman–Crippen LogP) is 4.32. The number of aromatic amines is 1. The smallest absolute Gasteiger partial charge is 0.341 e. The number of anilines is 3. The molecular weight excluding hydrogens is 434 g/mol. The molecule has 2 aromatic rings. The second-order valence-electron chi connectivity index (χ2n) is 7.31. The van der Waals surface area contributed by atoms with Crippen molar-refractivity contribution in [2.45, 2.75) is 52.4 Å². The van der Waals surface area contributed by atoms with Gasteiger partial charge in [0.15, 0.2) is 0 Å². The molecule has 32 heavy (non-hydrogen) atoms. The quantitative estimate of drug-likeness (QED) is 0.257. The van der Waals surface area contributed by atoms with Crippen LogP contribution in [0.2, 0.25) is 0 Å². The molecule has 1 aromatic carbocycles. The van der Waals surface area contributed by atoms with Gasteiger partial charge in [-0.25, -0.2) is 9.78 Å². The number of aromatic nitrogens is 1. The molecule has 10 nitrogen and oxygen atoms in total. The van der Waals surface area contributed by atoms with Gasteiger partial charge in [-0.2, -0.15) is 5.32 Å². The summed E-state index contributed by atoms with van der Waals surface area (Å²) in [5, 5.41) is 20.8. The Morgan fingerprint density at radius 3 is 2.47 bits per heavy atom. The molecule has 0 radical (unpaired) electrons. The standard InChI is InChI=1S/C21H27N5O5S/c1-13-20(26-31)32-21(23-13)25-19(30)16-10-9-15(12-17(16)24-14(2)27)22-11-7-5-3-4-6-8-18(28)29/h9-10,12,22H,3-8,11H2,1-2H3,(H,24,27)(H,28,29)(H,23,25,30)/p+1. The van der Waals surface area contributed by atoms with Gasteiger partial charge >= 0.3 is 17.0 Å². The lowest BCUT2D eigenvalue weighted by Crippen LogP contribution is -2.20. The number of aryl methyl sites for hydroxylation is 1. The van der Waals surface area contributed by atoms with Gasteiger partial charge in [-0.3, -0.25) is 9.59 Å². The summed E-state index contributed by atoms with van der Waals surface area (Å²) in [5.74, 6) is -1.50. The van der Waals surface area contributed by atoms with Crippen LogP contribution in [0, 0.1) is 11.8 Å². The van der Waals surface area contributed by atoms with Crippen molar-refractivity contribution < 1.29 is 24.5 Å². The van der Waals surface area contributed by atoms with Crippen LogP contribution in [0.1, 0.15) is 61.5 Å². The third kappa shape index (κ3) is 8.06. The lowest BCUT2D eigenvalue weighted by molar-refractivity contribution is -0.363. The van der Waals surface area contributed by atoms with Crippen LogP contribution in [-0.4, -0.2) is 29.4 Å². The second-order valence-corrected chi connectivity index (χ2v) is 8.31. The second kappa shape index (κ2) is 12.5. The zero-order chi connectivity index (χ0) is 23.5. The summed E-state index contributed by atoms with van der Waals surface area (Å²) < 4.78 is 0. The fourth-order valence-electron chi connectivity index (χ4n) is 3.05. The van der Waals surface area contributed by atoms with Crippen molar-refractivity contribution in [2.24, 2.45) is 5.18 Å². The normalized spacial score (nSPS) is 10.4. The third-order valence-corrected chi connectivity index (χ3v) is 5.58. The highest BCUT2D eigenvalue weighted by Crippen LogP contribution is 2.28. The average Bonchev–Trinajstić information content (AvgIpc) is 3.08. The van der Waals surface area contributed by atoms with Crippen LogP contribution in [0.15, 0.2) is 23.4 Å². The number of aliphatic carboxylic acids is 1. The molecular formula is C21H28N5O5S+. The Morgan fingerprint density at radius 2 is 1.81 bits per heavy atom. The van der Waals surface area contributed by atoms with Gasteiger partial charge in [0.05, 0.1) is 11.3 Å². The Hall–Kier alpha value is -3.34. The van der Waals surface area contributed by atoms with Crippen LogP contribution in [-0.2, 0) is 9.59 Å². The van der Waals surface area contributed by atoms with Crippen LogP contribution in [0.3, 0.4) is 0 Å². The lowest BCUT2D eigenvalue weighted by atomic mass is 10.1. The van der Waals surface area contributed by atoms with Crippen molar-refractivity contribution in [3.8, 4) is 0 Å². The minimum atomic E-state index is -0.759. The van der Waals surface area contributed by atoms with Crippen LogP contribution >= 0.6 is 11.3 Å². The average molecular weight is 463 g/mol. The molecule has 0 unspecified atom stereocenters. The van der Waals surface area contributed by atoms with E-state index in [-0.39, 0.29) is 22.9 Å². The number of hydrogen-bond acceptors (Lipinski definition) is 7. The Balaban J connectivity index is 1.94. The van der Waals surface area contributed by atoms with E-state index in [0.717, 1.165) is 49.3 Å². The summed E-state index contributed by atoms with van der Waals surface area (Å²) in [7, 11) is 0. The van der Waals surface area contributed by atoms with Crippen molar-refractivity contribution in [3.63, 3.8) is 0 Å². The number of amides is 2. The lowest BCUT2D eigenvalue weighted by Gasteiger charge is -2.12. The van der Waals surface area contributed by atoms with Gasteiger partial charge in [-0.05, 0) is 47.6 Å². The molecule has 0 saturated heterocycles. The highest BCUT2D eigenvalue weighted by Gasteiger charge is 2.21. The number of rotatable bonds is 13. The first-order chi connectivity index (χ1) is 15.3. The summed E-state index contributed by atoms with van der Waals surface area (Å²) in [6.45, 7) is 3.77. The molecule has 0 aliphatic rings. The number of unbranched alkanes of at least 4 members (excludes halogenated alkanes) is 4. The first-order valence-corrected chi connectivity index (χ1v) is 11.2. The number of nitroso groups, excluding NO2 is 1. The topological polar surface area (TPSA) is 151 Å². The maximum Gasteiger partial charge on any atom is 0.341 e. The molecule has 5 N–H and O–H groups in total. The number of carbonyl (C=O) groups excluding carboxylic acids is 2. The fraction of sp³-hybridized carbons (Fsp3) is 0.429. The fourth-order valence-corrected chi connectivity index (χ4v) is 3.83. The Bertz CT molecular complexity index is 975. The molecule has 0 bridgehead atoms. The van der Waals surface area contributed by atoms with E-state index in [1.807, 2.05) is 0 Å². The Labute approximate surface area is 189 Å². The van der Waals surface area contributed by atoms with Gasteiger partial charge in [0.1, 0.15) is 5.69 Å². The van der Waals surface area contributed by atoms with Gasteiger partial charge in [0.2, 0.25) is 10.9 Å². The van der Waals surface area contributed by atoms with Crippen molar-refractivity contribution in [1.82, 2.24) is 0 Å². The molecule has 172 valence electrons. The van der Waals surface area contributed by atoms with Crippen molar-refractivity contribution in [3.05, 3.63) is 34.4 Å². The molecule has 1 heterocycles. The van der Waals surface area contributed by atoms with Crippen LogP contribution in [0.25, 0.3) is 0 Å². The van der Waals surface area contributed by atoms with Crippen LogP contribution in [0.4, 0.5) is 21.5 Å². The number of thiazole rings is 1. The zero-order valence-electron chi connectivity index (χ0n) is 18.1. The van der Waals surface area contributed by atoms with E-state index < -0.39 is 11.9 Å². The maximum absolute atomic E-state index is 12.7. The SMILES string of the molecule is CC(=O)Nc1cc(NCCCCCCCC(=O)O)ccc1C(=O)Nc1[nH+]c(C)c(N=O)s1. The van der Waals surface area contributed by atoms with Gasteiger partial charge in [-0.1, -0.05) is 19.3 Å². The summed E-state index contributed by atoms with van der Waals surface area (Å²) >= 11 is 1.03. The minimum absolute atomic E-state index is 0.212. The number of H-pyrrole nitrogens is 1. The number of hydrogen-bond donors (Lipinski definition) is 4. The van der Waals surface area contributed by atoms with Crippen molar-refractivity contribution >= 4 is 50.6 Å². The van der Waals surface area contributed by atoms with E-state index in [1.54, 1.807) is 25.1 Å². The number of nitrogens with zero attached hydrogens (tertiary/aromatic N) is 1. The van der Waals surface area contributed by atoms with E-state index in [1.165, 1.54) is 6.92 Å². The first-order valence-electron chi connectivity index (χ1n) is 10.3. The number of nitrogens with one attached hydrogen (secondary N) is 4. The highest BCUT2D eigenvalue weighted by molar-refractivity contribution is 7.19. The van der Waals surface area contributed by atoms with E-state index in [4.69, 9.17) is 5.11 Å². The Kier molecular flexibility index (Phi) is 9.74. The predicted molar refractivity (Wildman–Crippen MR) is 124 cm³/mol. The number of carboxylic acids is 1. The third-order valence-electron chi connectivity index (χ3n) is 4.60. The molecule has 0 spiro atoms. The van der Waals surface area contributed by atoms with Gasteiger partial charge < -0.3 is 15.7 Å². The molecule has 2 rings (SSSR count). The van der Waals surface area contributed by atoms with E-state index in [0.29, 0.717) is 22.9 Å². The summed E-state index contributed by atoms with van der Waals surface area (Å²) in [6, 6.07) is 5.08. The molecule has 0 aliphatic carbocycles. The maximum atomic E-state index is 12.7. The Morgan fingerprint density at radius 1 is 1.09 bits per heavy atom. The molecule has 0 fully saturated rings. The number of carbonyl (C=O) groups is 3. The molecule has 2 amide bonds. The molecule has 1 aromatic heterocycles.